The Labute approximate surface area is 127 Å². The van der Waals surface area contributed by atoms with Gasteiger partial charge in [-0.15, -0.1) is 0 Å². The Balaban J connectivity index is 2.54. The molecule has 2 heteroatoms. The van der Waals surface area contributed by atoms with Gasteiger partial charge in [-0.05, 0) is 32.4 Å². The van der Waals surface area contributed by atoms with E-state index in [4.69, 9.17) is 5.73 Å². The Hall–Kier alpha value is -0.0800. The van der Waals surface area contributed by atoms with Gasteiger partial charge in [0, 0.05) is 12.1 Å². The molecule has 0 aromatic rings. The van der Waals surface area contributed by atoms with Crippen molar-refractivity contribution in [2.45, 2.75) is 103 Å². The quantitative estimate of drug-likeness (QED) is 0.790. The van der Waals surface area contributed by atoms with E-state index in [9.17, 15) is 0 Å². The SMILES string of the molecule is CCCCN(CC)C1CCCCCCCCCCC1N. The number of likely N-dealkylation sites (N-methyl/N-ethyl adjacent to an activating group) is 1. The third-order valence-corrected chi connectivity index (χ3v) is 4.96. The zero-order valence-corrected chi connectivity index (χ0v) is 14.1. The first-order valence-corrected chi connectivity index (χ1v) is 9.29. The Morgan fingerprint density at radius 1 is 0.850 bits per heavy atom. The molecule has 0 amide bonds. The first-order valence-electron chi connectivity index (χ1n) is 9.29. The highest BCUT2D eigenvalue weighted by molar-refractivity contribution is 4.82. The molecule has 1 rings (SSSR count). The highest BCUT2D eigenvalue weighted by Crippen LogP contribution is 2.20. The molecule has 1 fully saturated rings. The fourth-order valence-corrected chi connectivity index (χ4v) is 3.57. The van der Waals surface area contributed by atoms with Crippen molar-refractivity contribution >= 4 is 0 Å². The van der Waals surface area contributed by atoms with Gasteiger partial charge in [-0.3, -0.25) is 4.90 Å². The molecular weight excluding hydrogens is 244 g/mol. The van der Waals surface area contributed by atoms with Crippen molar-refractivity contribution in [3.8, 4) is 0 Å². The van der Waals surface area contributed by atoms with Gasteiger partial charge in [-0.1, -0.05) is 71.6 Å². The summed E-state index contributed by atoms with van der Waals surface area (Å²) in [5.41, 5.74) is 6.57. The van der Waals surface area contributed by atoms with Gasteiger partial charge in [0.2, 0.25) is 0 Å². The summed E-state index contributed by atoms with van der Waals surface area (Å²) in [6.45, 7) is 7.00. The van der Waals surface area contributed by atoms with E-state index in [1.807, 2.05) is 0 Å². The minimum atomic E-state index is 0.395. The Morgan fingerprint density at radius 2 is 1.40 bits per heavy atom. The maximum Gasteiger partial charge on any atom is 0.0247 e. The predicted molar refractivity (Wildman–Crippen MR) is 90.1 cm³/mol. The summed E-state index contributed by atoms with van der Waals surface area (Å²) in [6, 6.07) is 1.03. The molecule has 0 saturated heterocycles. The van der Waals surface area contributed by atoms with Crippen LogP contribution < -0.4 is 5.73 Å². The third kappa shape index (κ3) is 7.08. The van der Waals surface area contributed by atoms with Gasteiger partial charge in [-0.25, -0.2) is 0 Å². The van der Waals surface area contributed by atoms with Crippen LogP contribution in [0.25, 0.3) is 0 Å². The minimum Gasteiger partial charge on any atom is -0.326 e. The maximum atomic E-state index is 6.57. The number of hydrogen-bond acceptors (Lipinski definition) is 2. The lowest BCUT2D eigenvalue weighted by atomic mass is 9.93. The molecule has 2 N–H and O–H groups in total. The topological polar surface area (TPSA) is 29.3 Å². The number of unbranched alkanes of at least 4 members (excludes halogenated alkanes) is 1. The predicted octanol–water partition coefficient (Wildman–Crippen LogP) is 4.72. The molecule has 1 aliphatic rings. The van der Waals surface area contributed by atoms with Crippen LogP contribution in [0.3, 0.4) is 0 Å². The molecule has 0 bridgehead atoms. The summed E-state index contributed by atoms with van der Waals surface area (Å²) >= 11 is 0. The second kappa shape index (κ2) is 11.6. The van der Waals surface area contributed by atoms with Crippen molar-refractivity contribution in [2.75, 3.05) is 13.1 Å². The van der Waals surface area contributed by atoms with Crippen molar-refractivity contribution in [2.24, 2.45) is 5.73 Å². The van der Waals surface area contributed by atoms with Crippen molar-refractivity contribution in [1.29, 1.82) is 0 Å². The van der Waals surface area contributed by atoms with Gasteiger partial charge >= 0.3 is 0 Å². The van der Waals surface area contributed by atoms with Crippen molar-refractivity contribution in [1.82, 2.24) is 4.90 Å². The van der Waals surface area contributed by atoms with Gasteiger partial charge in [0.15, 0.2) is 0 Å². The van der Waals surface area contributed by atoms with Gasteiger partial charge in [0.1, 0.15) is 0 Å². The first kappa shape index (κ1) is 18.0. The fourth-order valence-electron chi connectivity index (χ4n) is 3.57. The minimum absolute atomic E-state index is 0.395. The van der Waals surface area contributed by atoms with Crippen molar-refractivity contribution in [3.05, 3.63) is 0 Å². The molecule has 0 aliphatic heterocycles. The molecule has 20 heavy (non-hydrogen) atoms. The first-order chi connectivity index (χ1) is 9.79. The average Bonchev–Trinajstić information content (AvgIpc) is 2.45. The molecule has 1 aliphatic carbocycles. The Morgan fingerprint density at radius 3 is 1.95 bits per heavy atom. The molecule has 0 aromatic heterocycles. The Bertz CT molecular complexity index is 217. The standard InChI is InChI=1S/C18H38N2/c1-3-5-16-20(4-2)18-15-13-11-9-7-6-8-10-12-14-17(18)19/h17-18H,3-16,19H2,1-2H3. The summed E-state index contributed by atoms with van der Waals surface area (Å²) < 4.78 is 0. The van der Waals surface area contributed by atoms with E-state index in [2.05, 4.69) is 18.7 Å². The van der Waals surface area contributed by atoms with Gasteiger partial charge in [0.25, 0.3) is 0 Å². The van der Waals surface area contributed by atoms with E-state index in [1.54, 1.807) is 0 Å². The average molecular weight is 283 g/mol. The molecule has 0 radical (unpaired) electrons. The highest BCUT2D eigenvalue weighted by Gasteiger charge is 2.23. The van der Waals surface area contributed by atoms with Crippen LogP contribution in [0.5, 0.6) is 0 Å². The van der Waals surface area contributed by atoms with E-state index in [0.29, 0.717) is 12.1 Å². The molecule has 0 spiro atoms. The van der Waals surface area contributed by atoms with Gasteiger partial charge in [-0.2, -0.15) is 0 Å². The highest BCUT2D eigenvalue weighted by atomic mass is 15.2. The third-order valence-electron chi connectivity index (χ3n) is 4.96. The van der Waals surface area contributed by atoms with E-state index in [0.717, 1.165) is 0 Å². The monoisotopic (exact) mass is 282 g/mol. The number of hydrogen-bond donors (Lipinski definition) is 1. The zero-order valence-electron chi connectivity index (χ0n) is 14.1. The molecule has 0 heterocycles. The molecule has 1 saturated carbocycles. The lowest BCUT2D eigenvalue weighted by molar-refractivity contribution is 0.158. The number of nitrogens with zero attached hydrogens (tertiary/aromatic N) is 1. The van der Waals surface area contributed by atoms with Crippen LogP contribution in [0.1, 0.15) is 90.9 Å². The maximum absolute atomic E-state index is 6.57. The Kier molecular flexibility index (Phi) is 10.4. The van der Waals surface area contributed by atoms with Crippen LogP contribution >= 0.6 is 0 Å². The second-order valence-electron chi connectivity index (χ2n) is 6.62. The lowest BCUT2D eigenvalue weighted by Gasteiger charge is -2.35. The van der Waals surface area contributed by atoms with Gasteiger partial charge < -0.3 is 5.73 Å². The molecule has 120 valence electrons. The summed E-state index contributed by atoms with van der Waals surface area (Å²) in [6.07, 6.45) is 16.4. The molecule has 2 unspecified atom stereocenters. The second-order valence-corrected chi connectivity index (χ2v) is 6.62. The smallest absolute Gasteiger partial charge is 0.0247 e. The number of rotatable bonds is 5. The van der Waals surface area contributed by atoms with Crippen LogP contribution in [0.15, 0.2) is 0 Å². The van der Waals surface area contributed by atoms with E-state index in [-0.39, 0.29) is 0 Å². The van der Waals surface area contributed by atoms with E-state index < -0.39 is 0 Å². The van der Waals surface area contributed by atoms with Crippen LogP contribution in [0.2, 0.25) is 0 Å². The molecule has 2 nitrogen and oxygen atoms in total. The largest absolute Gasteiger partial charge is 0.326 e. The number of nitrogens with two attached hydrogens (primary N) is 1. The van der Waals surface area contributed by atoms with Crippen LogP contribution in [-0.2, 0) is 0 Å². The van der Waals surface area contributed by atoms with Crippen LogP contribution in [-0.4, -0.2) is 30.1 Å². The summed E-state index contributed by atoms with van der Waals surface area (Å²) in [7, 11) is 0. The summed E-state index contributed by atoms with van der Waals surface area (Å²) in [5, 5.41) is 0. The van der Waals surface area contributed by atoms with E-state index >= 15 is 0 Å². The zero-order chi connectivity index (χ0) is 14.6. The molecule has 0 aromatic carbocycles. The summed E-state index contributed by atoms with van der Waals surface area (Å²) in [4.78, 5) is 2.67. The van der Waals surface area contributed by atoms with Crippen LogP contribution in [0.4, 0.5) is 0 Å². The van der Waals surface area contributed by atoms with E-state index in [1.165, 1.54) is 90.1 Å². The molecule has 2 atom stereocenters. The normalized spacial score (nSPS) is 27.0. The van der Waals surface area contributed by atoms with Crippen molar-refractivity contribution in [3.63, 3.8) is 0 Å². The molecular formula is C18H38N2. The summed E-state index contributed by atoms with van der Waals surface area (Å²) in [5.74, 6) is 0. The van der Waals surface area contributed by atoms with Crippen molar-refractivity contribution < 1.29 is 0 Å². The van der Waals surface area contributed by atoms with Gasteiger partial charge in [0.05, 0.1) is 0 Å². The van der Waals surface area contributed by atoms with Crippen LogP contribution in [0, 0.1) is 0 Å². The fraction of sp³-hybridized carbons (Fsp3) is 1.00. The lowest BCUT2D eigenvalue weighted by Crippen LogP contribution is -2.48.